The average molecular weight is 340 g/mol. The number of hydrogen-bond donors (Lipinski definition) is 1. The summed E-state index contributed by atoms with van der Waals surface area (Å²) in [6.45, 7) is 7.42. The van der Waals surface area contributed by atoms with E-state index in [9.17, 15) is 13.2 Å². The number of ether oxygens (including phenoxy) is 1. The van der Waals surface area contributed by atoms with Gasteiger partial charge in [-0.2, -0.15) is 4.31 Å². The molecule has 1 heterocycles. The van der Waals surface area contributed by atoms with Crippen LogP contribution in [0, 0.1) is 0 Å². The molecule has 0 aliphatic carbocycles. The lowest BCUT2D eigenvalue weighted by atomic mass is 10.0. The Balaban J connectivity index is 2.14. The van der Waals surface area contributed by atoms with Crippen LogP contribution in [0.2, 0.25) is 0 Å². The molecule has 2 rings (SSSR count). The van der Waals surface area contributed by atoms with Crippen LogP contribution in [0.5, 0.6) is 0 Å². The van der Waals surface area contributed by atoms with E-state index in [1.54, 1.807) is 12.1 Å². The van der Waals surface area contributed by atoms with E-state index in [-0.39, 0.29) is 16.3 Å². The van der Waals surface area contributed by atoms with Crippen molar-refractivity contribution in [2.75, 3.05) is 26.3 Å². The maximum absolute atomic E-state index is 12.5. The van der Waals surface area contributed by atoms with Gasteiger partial charge in [-0.25, -0.2) is 8.42 Å². The highest BCUT2D eigenvalue weighted by Crippen LogP contribution is 2.18. The molecular formula is C16H24N2O4S. The third kappa shape index (κ3) is 4.31. The fraction of sp³-hybridized carbons (Fsp3) is 0.562. The smallest absolute Gasteiger partial charge is 0.251 e. The lowest BCUT2D eigenvalue weighted by Crippen LogP contribution is -2.42. The second-order valence-electron chi connectivity index (χ2n) is 6.23. The predicted octanol–water partition coefficient (Wildman–Crippen LogP) is 1.63. The van der Waals surface area contributed by atoms with Crippen LogP contribution in [-0.4, -0.2) is 50.5 Å². The Kier molecular flexibility index (Phi) is 5.44. The molecule has 0 unspecified atom stereocenters. The molecule has 1 fully saturated rings. The van der Waals surface area contributed by atoms with Gasteiger partial charge in [-0.15, -0.1) is 0 Å². The van der Waals surface area contributed by atoms with Crippen molar-refractivity contribution in [3.8, 4) is 0 Å². The van der Waals surface area contributed by atoms with E-state index in [4.69, 9.17) is 4.74 Å². The highest BCUT2D eigenvalue weighted by atomic mass is 32.2. The number of amides is 1. The van der Waals surface area contributed by atoms with Gasteiger partial charge < -0.3 is 10.1 Å². The second-order valence-corrected chi connectivity index (χ2v) is 8.17. The van der Waals surface area contributed by atoms with Crippen molar-refractivity contribution in [3.05, 3.63) is 29.8 Å². The van der Waals surface area contributed by atoms with E-state index in [0.29, 0.717) is 31.9 Å². The van der Waals surface area contributed by atoms with Crippen molar-refractivity contribution in [1.29, 1.82) is 0 Å². The van der Waals surface area contributed by atoms with Gasteiger partial charge >= 0.3 is 0 Å². The van der Waals surface area contributed by atoms with Crippen molar-refractivity contribution >= 4 is 15.9 Å². The van der Waals surface area contributed by atoms with Crippen LogP contribution in [0.3, 0.4) is 0 Å². The van der Waals surface area contributed by atoms with Gasteiger partial charge in [-0.05, 0) is 44.5 Å². The molecule has 7 heteroatoms. The summed E-state index contributed by atoms with van der Waals surface area (Å²) >= 11 is 0. The first-order valence-electron chi connectivity index (χ1n) is 7.77. The molecule has 1 N–H and O–H groups in total. The topological polar surface area (TPSA) is 75.7 Å². The summed E-state index contributed by atoms with van der Waals surface area (Å²) in [5.41, 5.74) is 0.155. The molecule has 0 aromatic heterocycles. The Morgan fingerprint density at radius 1 is 1.22 bits per heavy atom. The quantitative estimate of drug-likeness (QED) is 0.884. The van der Waals surface area contributed by atoms with Gasteiger partial charge in [0.15, 0.2) is 0 Å². The van der Waals surface area contributed by atoms with Gasteiger partial charge in [0.1, 0.15) is 0 Å². The van der Waals surface area contributed by atoms with Gasteiger partial charge in [-0.3, -0.25) is 4.79 Å². The summed E-state index contributed by atoms with van der Waals surface area (Å²) in [5, 5.41) is 2.93. The van der Waals surface area contributed by atoms with Gasteiger partial charge in [0.25, 0.3) is 5.91 Å². The monoisotopic (exact) mass is 340 g/mol. The average Bonchev–Trinajstić information content (AvgIpc) is 2.55. The minimum Gasteiger partial charge on any atom is -0.379 e. The molecule has 128 valence electrons. The molecule has 0 saturated carbocycles. The molecule has 0 bridgehead atoms. The molecule has 1 aliphatic rings. The molecule has 1 aliphatic heterocycles. The van der Waals surface area contributed by atoms with Gasteiger partial charge in [0.2, 0.25) is 10.0 Å². The maximum atomic E-state index is 12.5. The van der Waals surface area contributed by atoms with Crippen molar-refractivity contribution in [3.63, 3.8) is 0 Å². The summed E-state index contributed by atoms with van der Waals surface area (Å²) in [4.78, 5) is 12.4. The number of morpholine rings is 1. The Labute approximate surface area is 137 Å². The Bertz CT molecular complexity index is 647. The largest absolute Gasteiger partial charge is 0.379 e. The summed E-state index contributed by atoms with van der Waals surface area (Å²) in [6.07, 6.45) is 0.808. The summed E-state index contributed by atoms with van der Waals surface area (Å²) in [5.74, 6) is -0.202. The Morgan fingerprint density at radius 2 is 1.78 bits per heavy atom. The number of nitrogens with one attached hydrogen (secondary N) is 1. The number of hydrogen-bond acceptors (Lipinski definition) is 4. The number of carbonyl (C=O) groups excluding carboxylic acids is 1. The molecule has 0 atom stereocenters. The van der Waals surface area contributed by atoms with Crippen LogP contribution < -0.4 is 5.32 Å². The summed E-state index contributed by atoms with van der Waals surface area (Å²) in [6, 6.07) is 6.07. The lowest BCUT2D eigenvalue weighted by molar-refractivity contribution is 0.0730. The van der Waals surface area contributed by atoms with E-state index < -0.39 is 10.0 Å². The number of rotatable bonds is 5. The minimum atomic E-state index is -3.52. The van der Waals surface area contributed by atoms with Gasteiger partial charge in [-0.1, -0.05) is 6.92 Å². The highest BCUT2D eigenvalue weighted by Gasteiger charge is 2.26. The number of carbonyl (C=O) groups is 1. The van der Waals surface area contributed by atoms with Crippen molar-refractivity contribution in [2.24, 2.45) is 0 Å². The number of nitrogens with zero attached hydrogens (tertiary/aromatic N) is 1. The predicted molar refractivity (Wildman–Crippen MR) is 87.9 cm³/mol. The van der Waals surface area contributed by atoms with E-state index >= 15 is 0 Å². The molecular weight excluding hydrogens is 316 g/mol. The minimum absolute atomic E-state index is 0.200. The van der Waals surface area contributed by atoms with E-state index in [1.165, 1.54) is 16.4 Å². The number of sulfonamides is 1. The lowest BCUT2D eigenvalue weighted by Gasteiger charge is -2.26. The van der Waals surface area contributed by atoms with Crippen LogP contribution in [0.1, 0.15) is 37.6 Å². The normalized spacial score (nSPS) is 17.0. The van der Waals surface area contributed by atoms with Crippen LogP contribution in [0.25, 0.3) is 0 Å². The summed E-state index contributed by atoms with van der Waals surface area (Å²) < 4.78 is 31.6. The molecule has 0 radical (unpaired) electrons. The Hall–Kier alpha value is -1.44. The SMILES string of the molecule is CCC(C)(C)NC(=O)c1ccc(S(=O)(=O)N2CCOCC2)cc1. The zero-order chi connectivity index (χ0) is 17.1. The highest BCUT2D eigenvalue weighted by molar-refractivity contribution is 7.89. The van der Waals surface area contributed by atoms with Crippen molar-refractivity contribution in [2.45, 2.75) is 37.6 Å². The zero-order valence-electron chi connectivity index (χ0n) is 13.8. The van der Waals surface area contributed by atoms with Crippen LogP contribution >= 0.6 is 0 Å². The molecule has 0 spiro atoms. The van der Waals surface area contributed by atoms with Gasteiger partial charge in [0.05, 0.1) is 18.1 Å². The van der Waals surface area contributed by atoms with Crippen molar-refractivity contribution < 1.29 is 17.9 Å². The molecule has 1 amide bonds. The molecule has 23 heavy (non-hydrogen) atoms. The van der Waals surface area contributed by atoms with E-state index in [2.05, 4.69) is 5.32 Å². The van der Waals surface area contributed by atoms with Crippen molar-refractivity contribution in [1.82, 2.24) is 9.62 Å². The van der Waals surface area contributed by atoms with E-state index in [0.717, 1.165) is 6.42 Å². The zero-order valence-corrected chi connectivity index (χ0v) is 14.6. The third-order valence-corrected chi connectivity index (χ3v) is 5.97. The maximum Gasteiger partial charge on any atom is 0.251 e. The Morgan fingerprint density at radius 3 is 2.30 bits per heavy atom. The van der Waals surface area contributed by atoms with Gasteiger partial charge in [0, 0.05) is 24.2 Å². The van der Waals surface area contributed by atoms with E-state index in [1.807, 2.05) is 20.8 Å². The number of benzene rings is 1. The molecule has 1 aromatic carbocycles. The molecule has 6 nitrogen and oxygen atoms in total. The van der Waals surface area contributed by atoms with Crippen LogP contribution in [0.4, 0.5) is 0 Å². The first-order valence-corrected chi connectivity index (χ1v) is 9.21. The molecule has 1 aromatic rings. The van der Waals surface area contributed by atoms with Crippen LogP contribution in [0.15, 0.2) is 29.2 Å². The standard InChI is InChI=1S/C16H24N2O4S/c1-4-16(2,3)17-15(19)13-5-7-14(8-6-13)23(20,21)18-9-11-22-12-10-18/h5-8H,4,9-12H2,1-3H3,(H,17,19). The third-order valence-electron chi connectivity index (χ3n) is 4.06. The fourth-order valence-electron chi connectivity index (χ4n) is 2.18. The molecule has 1 saturated heterocycles. The first-order chi connectivity index (χ1) is 10.8. The summed E-state index contributed by atoms with van der Waals surface area (Å²) in [7, 11) is -3.52. The second kappa shape index (κ2) is 6.98. The fourth-order valence-corrected chi connectivity index (χ4v) is 3.59. The van der Waals surface area contributed by atoms with Crippen LogP contribution in [-0.2, 0) is 14.8 Å². The first kappa shape index (κ1) is 17.9.